The fraction of sp³-hybridized carbons (Fsp3) is 0.579. The van der Waals surface area contributed by atoms with Crippen LogP contribution < -0.4 is 15.5 Å². The van der Waals surface area contributed by atoms with Crippen molar-refractivity contribution < 1.29 is 14.5 Å². The second-order valence-electron chi connectivity index (χ2n) is 7.13. The fourth-order valence-corrected chi connectivity index (χ4v) is 3.34. The van der Waals surface area contributed by atoms with E-state index in [2.05, 4.69) is 34.9 Å². The third-order valence-corrected chi connectivity index (χ3v) is 4.78. The minimum Gasteiger partial charge on any atom is -0.336 e. The van der Waals surface area contributed by atoms with Crippen LogP contribution in [0.15, 0.2) is 30.3 Å². The Morgan fingerprint density at radius 2 is 1.75 bits per heavy atom. The van der Waals surface area contributed by atoms with Crippen molar-refractivity contribution in [3.8, 4) is 0 Å². The van der Waals surface area contributed by atoms with Gasteiger partial charge in [-0.1, -0.05) is 30.3 Å². The fourth-order valence-electron chi connectivity index (χ4n) is 3.34. The summed E-state index contributed by atoms with van der Waals surface area (Å²) in [5, 5.41) is 5.14. The Bertz CT molecular complexity index is 537. The average Bonchev–Trinajstić information content (AvgIpc) is 2.55. The molecule has 0 aliphatic carbocycles. The number of urea groups is 1. The molecule has 5 nitrogen and oxygen atoms in total. The van der Waals surface area contributed by atoms with E-state index in [0.29, 0.717) is 5.92 Å². The first-order valence-corrected chi connectivity index (χ1v) is 8.95. The Kier molecular flexibility index (Phi) is 6.79. The minimum absolute atomic E-state index is 0.0224. The Morgan fingerprint density at radius 3 is 2.33 bits per heavy atom. The zero-order valence-electron chi connectivity index (χ0n) is 15.0. The van der Waals surface area contributed by atoms with Crippen LogP contribution in [0.2, 0.25) is 0 Å². The first-order valence-electron chi connectivity index (χ1n) is 8.95. The number of hydrogen-bond acceptors (Lipinski definition) is 2. The van der Waals surface area contributed by atoms with Gasteiger partial charge in [-0.15, -0.1) is 0 Å². The van der Waals surface area contributed by atoms with Crippen LogP contribution in [0.25, 0.3) is 0 Å². The summed E-state index contributed by atoms with van der Waals surface area (Å²) in [5.74, 6) is 0.500. The lowest BCUT2D eigenvalue weighted by molar-refractivity contribution is -0.920. The highest BCUT2D eigenvalue weighted by Gasteiger charge is 2.30. The zero-order chi connectivity index (χ0) is 17.5. The standard InChI is InChI=1S/C19H29N3O2/c1-14(2)20-19(24)21-18(23)15(3)22-11-9-17(10-12-22)13-16-7-5-4-6-8-16/h4-8,14-15,17H,9-13H2,1-3H3,(H2,20,21,23,24)/p+1/t15-/m1/s1. The number of hydrogen-bond donors (Lipinski definition) is 3. The van der Waals surface area contributed by atoms with Crippen LogP contribution in [0, 0.1) is 5.92 Å². The lowest BCUT2D eigenvalue weighted by atomic mass is 9.89. The van der Waals surface area contributed by atoms with Gasteiger partial charge in [0.05, 0.1) is 13.1 Å². The number of imide groups is 1. The molecule has 0 aromatic heterocycles. The summed E-state index contributed by atoms with van der Waals surface area (Å²) in [4.78, 5) is 25.1. The molecule has 3 N–H and O–H groups in total. The topological polar surface area (TPSA) is 62.6 Å². The number of carbonyl (C=O) groups excluding carboxylic acids is 2. The number of nitrogens with one attached hydrogen (secondary N) is 3. The first kappa shape index (κ1) is 18.5. The monoisotopic (exact) mass is 332 g/mol. The summed E-state index contributed by atoms with van der Waals surface area (Å²) in [7, 11) is 0. The van der Waals surface area contributed by atoms with Crippen molar-refractivity contribution in [3.05, 3.63) is 35.9 Å². The van der Waals surface area contributed by atoms with Gasteiger partial charge in [0.15, 0.2) is 6.04 Å². The molecular weight excluding hydrogens is 302 g/mol. The quantitative estimate of drug-likeness (QED) is 0.757. The predicted molar refractivity (Wildman–Crippen MR) is 94.8 cm³/mol. The van der Waals surface area contributed by atoms with Gasteiger partial charge in [0.2, 0.25) is 0 Å². The van der Waals surface area contributed by atoms with Crippen molar-refractivity contribution in [2.45, 2.75) is 52.1 Å². The van der Waals surface area contributed by atoms with E-state index >= 15 is 0 Å². The van der Waals surface area contributed by atoms with E-state index < -0.39 is 6.03 Å². The van der Waals surface area contributed by atoms with Crippen molar-refractivity contribution in [3.63, 3.8) is 0 Å². The van der Waals surface area contributed by atoms with Gasteiger partial charge in [-0.3, -0.25) is 10.1 Å². The molecule has 3 amide bonds. The second-order valence-corrected chi connectivity index (χ2v) is 7.13. The van der Waals surface area contributed by atoms with Crippen molar-refractivity contribution >= 4 is 11.9 Å². The molecule has 1 fully saturated rings. The molecule has 24 heavy (non-hydrogen) atoms. The largest absolute Gasteiger partial charge is 0.336 e. The van der Waals surface area contributed by atoms with Crippen LogP contribution in [0.3, 0.4) is 0 Å². The van der Waals surface area contributed by atoms with E-state index in [1.54, 1.807) is 0 Å². The lowest BCUT2D eigenvalue weighted by Gasteiger charge is -2.32. The highest BCUT2D eigenvalue weighted by molar-refractivity contribution is 5.96. The van der Waals surface area contributed by atoms with E-state index in [1.165, 1.54) is 10.5 Å². The van der Waals surface area contributed by atoms with Crippen LogP contribution in [0.1, 0.15) is 39.2 Å². The van der Waals surface area contributed by atoms with Crippen molar-refractivity contribution in [1.82, 2.24) is 10.6 Å². The third kappa shape index (κ3) is 5.64. The number of rotatable bonds is 5. The highest BCUT2D eigenvalue weighted by atomic mass is 16.2. The Morgan fingerprint density at radius 1 is 1.12 bits per heavy atom. The number of carbonyl (C=O) groups is 2. The van der Waals surface area contributed by atoms with Gasteiger partial charge in [0.25, 0.3) is 5.91 Å². The Hall–Kier alpha value is -1.88. The molecule has 0 spiro atoms. The van der Waals surface area contributed by atoms with Gasteiger partial charge in [-0.25, -0.2) is 4.79 Å². The number of benzene rings is 1. The normalized spacial score (nSPS) is 22.0. The van der Waals surface area contributed by atoms with Gasteiger partial charge in [-0.2, -0.15) is 0 Å². The molecule has 2 rings (SSSR count). The van der Waals surface area contributed by atoms with E-state index in [0.717, 1.165) is 32.4 Å². The van der Waals surface area contributed by atoms with Gasteiger partial charge in [0, 0.05) is 6.04 Å². The average molecular weight is 332 g/mol. The van der Waals surface area contributed by atoms with E-state index in [9.17, 15) is 9.59 Å². The maximum Gasteiger partial charge on any atom is 0.321 e. The molecular formula is C19H30N3O2+. The Balaban J connectivity index is 1.76. The number of likely N-dealkylation sites (tertiary alicyclic amines) is 1. The highest BCUT2D eigenvalue weighted by Crippen LogP contribution is 2.16. The van der Waals surface area contributed by atoms with Gasteiger partial charge in [-0.05, 0) is 51.5 Å². The summed E-state index contributed by atoms with van der Waals surface area (Å²) < 4.78 is 0. The Labute approximate surface area is 144 Å². The smallest absolute Gasteiger partial charge is 0.321 e. The molecule has 1 atom stereocenters. The second kappa shape index (κ2) is 8.83. The lowest BCUT2D eigenvalue weighted by Crippen LogP contribution is -3.17. The molecule has 1 aromatic carbocycles. The SMILES string of the molecule is CC(C)NC(=O)NC(=O)[C@@H](C)[NH+]1CCC(Cc2ccccc2)CC1. The molecule has 1 aromatic rings. The van der Waals surface area contributed by atoms with E-state index in [4.69, 9.17) is 0 Å². The van der Waals surface area contributed by atoms with Crippen LogP contribution in [-0.2, 0) is 11.2 Å². The zero-order valence-corrected chi connectivity index (χ0v) is 15.0. The van der Waals surface area contributed by atoms with E-state index in [1.807, 2.05) is 26.8 Å². The minimum atomic E-state index is -0.403. The van der Waals surface area contributed by atoms with E-state index in [-0.39, 0.29) is 18.0 Å². The summed E-state index contributed by atoms with van der Waals surface area (Å²) in [6, 6.07) is 10.0. The molecule has 1 aliphatic rings. The molecule has 0 unspecified atom stereocenters. The number of piperidine rings is 1. The molecule has 0 saturated carbocycles. The number of amides is 3. The van der Waals surface area contributed by atoms with Crippen LogP contribution in [0.5, 0.6) is 0 Å². The molecule has 5 heteroatoms. The van der Waals surface area contributed by atoms with Gasteiger partial charge in [0.1, 0.15) is 0 Å². The molecule has 0 bridgehead atoms. The molecule has 0 radical (unpaired) electrons. The summed E-state index contributed by atoms with van der Waals surface area (Å²) in [6.07, 6.45) is 3.37. The van der Waals surface area contributed by atoms with Crippen molar-refractivity contribution in [1.29, 1.82) is 0 Å². The maximum absolute atomic E-state index is 12.2. The summed E-state index contributed by atoms with van der Waals surface area (Å²) in [6.45, 7) is 7.62. The maximum atomic E-state index is 12.2. The van der Waals surface area contributed by atoms with Crippen molar-refractivity contribution in [2.24, 2.45) is 5.92 Å². The summed E-state index contributed by atoms with van der Waals surface area (Å²) in [5.41, 5.74) is 1.39. The predicted octanol–water partition coefficient (Wildman–Crippen LogP) is 1.15. The molecule has 132 valence electrons. The molecule has 1 saturated heterocycles. The third-order valence-electron chi connectivity index (χ3n) is 4.78. The van der Waals surface area contributed by atoms with Crippen LogP contribution in [0.4, 0.5) is 4.79 Å². The number of quaternary nitrogens is 1. The van der Waals surface area contributed by atoms with Gasteiger partial charge >= 0.3 is 6.03 Å². The van der Waals surface area contributed by atoms with Crippen LogP contribution in [-0.4, -0.2) is 37.1 Å². The van der Waals surface area contributed by atoms with Crippen LogP contribution >= 0.6 is 0 Å². The summed E-state index contributed by atoms with van der Waals surface area (Å²) >= 11 is 0. The molecule has 1 heterocycles. The van der Waals surface area contributed by atoms with Gasteiger partial charge < -0.3 is 10.2 Å². The first-order chi connectivity index (χ1) is 11.5. The van der Waals surface area contributed by atoms with Crippen molar-refractivity contribution in [2.75, 3.05) is 13.1 Å². The molecule has 1 aliphatic heterocycles.